The van der Waals surface area contributed by atoms with Crippen LogP contribution in [-0.2, 0) is 0 Å². The lowest BCUT2D eigenvalue weighted by atomic mass is 10.0. The van der Waals surface area contributed by atoms with Crippen LogP contribution in [0.2, 0.25) is 0 Å². The number of pyridine rings is 1. The zero-order valence-corrected chi connectivity index (χ0v) is 8.74. The Kier molecular flexibility index (Phi) is 2.15. The molecule has 2 N–H and O–H groups in total. The first-order valence-electron chi connectivity index (χ1n) is 4.76. The first-order valence-corrected chi connectivity index (χ1v) is 4.76. The van der Waals surface area contributed by atoms with Crippen molar-refractivity contribution >= 4 is 16.7 Å². The van der Waals surface area contributed by atoms with Crippen LogP contribution in [-0.4, -0.2) is 10.9 Å². The molecule has 3 heteroatoms. The van der Waals surface area contributed by atoms with E-state index in [2.05, 4.69) is 4.98 Å². The minimum atomic E-state index is -0.408. The minimum absolute atomic E-state index is 0.408. The Morgan fingerprint density at radius 3 is 2.73 bits per heavy atom. The van der Waals surface area contributed by atoms with Crippen molar-refractivity contribution in [1.82, 2.24) is 4.98 Å². The standard InChI is InChI=1S/C12H12N2O/c1-7-6-9-4-3-5-10(12(13)15)11(9)8(2)14-7/h3-6H,1-2H3,(H2,13,15). The highest BCUT2D eigenvalue weighted by molar-refractivity contribution is 6.07. The van der Waals surface area contributed by atoms with Gasteiger partial charge in [-0.1, -0.05) is 12.1 Å². The molecule has 1 heterocycles. The Bertz CT molecular complexity index is 547. The number of aromatic nitrogens is 1. The van der Waals surface area contributed by atoms with Crippen molar-refractivity contribution in [3.8, 4) is 0 Å². The van der Waals surface area contributed by atoms with Crippen LogP contribution >= 0.6 is 0 Å². The Labute approximate surface area is 87.9 Å². The van der Waals surface area contributed by atoms with Crippen LogP contribution in [0.5, 0.6) is 0 Å². The fraction of sp³-hybridized carbons (Fsp3) is 0.167. The zero-order valence-electron chi connectivity index (χ0n) is 8.74. The van der Waals surface area contributed by atoms with Crippen LogP contribution in [0.25, 0.3) is 10.8 Å². The van der Waals surface area contributed by atoms with Crippen LogP contribution in [0.1, 0.15) is 21.7 Å². The van der Waals surface area contributed by atoms with Gasteiger partial charge in [0.2, 0.25) is 5.91 Å². The summed E-state index contributed by atoms with van der Waals surface area (Å²) in [6.07, 6.45) is 0. The molecule has 0 unspecified atom stereocenters. The number of fused-ring (bicyclic) bond motifs is 1. The van der Waals surface area contributed by atoms with Crippen LogP contribution < -0.4 is 5.73 Å². The lowest BCUT2D eigenvalue weighted by Crippen LogP contribution is -2.12. The molecule has 0 spiro atoms. The number of carbonyl (C=O) groups excluding carboxylic acids is 1. The second-order valence-corrected chi connectivity index (χ2v) is 3.62. The normalized spacial score (nSPS) is 10.5. The average Bonchev–Trinajstić information content (AvgIpc) is 2.16. The van der Waals surface area contributed by atoms with Gasteiger partial charge in [0.25, 0.3) is 0 Å². The number of benzene rings is 1. The number of aryl methyl sites for hydroxylation is 2. The summed E-state index contributed by atoms with van der Waals surface area (Å²) in [5.74, 6) is -0.408. The summed E-state index contributed by atoms with van der Waals surface area (Å²) < 4.78 is 0. The highest BCUT2D eigenvalue weighted by Gasteiger charge is 2.09. The topological polar surface area (TPSA) is 56.0 Å². The zero-order chi connectivity index (χ0) is 11.0. The van der Waals surface area contributed by atoms with Crippen molar-refractivity contribution in [2.75, 3.05) is 0 Å². The Morgan fingerprint density at radius 2 is 2.07 bits per heavy atom. The van der Waals surface area contributed by atoms with Crippen LogP contribution in [0.3, 0.4) is 0 Å². The molecule has 0 aliphatic heterocycles. The number of rotatable bonds is 1. The van der Waals surface area contributed by atoms with E-state index in [0.29, 0.717) is 5.56 Å². The molecule has 2 aromatic rings. The van der Waals surface area contributed by atoms with Crippen molar-refractivity contribution in [3.63, 3.8) is 0 Å². The van der Waals surface area contributed by atoms with E-state index in [0.717, 1.165) is 22.2 Å². The molecule has 3 nitrogen and oxygen atoms in total. The van der Waals surface area contributed by atoms with E-state index in [4.69, 9.17) is 5.73 Å². The van der Waals surface area contributed by atoms with E-state index in [1.807, 2.05) is 32.0 Å². The minimum Gasteiger partial charge on any atom is -0.366 e. The monoisotopic (exact) mass is 200 g/mol. The molecular weight excluding hydrogens is 188 g/mol. The number of carbonyl (C=O) groups is 1. The third-order valence-electron chi connectivity index (χ3n) is 2.43. The number of hydrogen-bond acceptors (Lipinski definition) is 2. The Morgan fingerprint density at radius 1 is 1.33 bits per heavy atom. The van der Waals surface area contributed by atoms with E-state index in [1.54, 1.807) is 6.07 Å². The van der Waals surface area contributed by atoms with E-state index >= 15 is 0 Å². The fourth-order valence-electron chi connectivity index (χ4n) is 1.88. The molecule has 2 rings (SSSR count). The predicted octanol–water partition coefficient (Wildman–Crippen LogP) is 1.95. The molecule has 1 aromatic carbocycles. The van der Waals surface area contributed by atoms with Gasteiger partial charge in [0.1, 0.15) is 0 Å². The molecule has 15 heavy (non-hydrogen) atoms. The van der Waals surface area contributed by atoms with Gasteiger partial charge in [0.05, 0.1) is 0 Å². The Hall–Kier alpha value is -1.90. The summed E-state index contributed by atoms with van der Waals surface area (Å²) in [5.41, 5.74) is 7.65. The van der Waals surface area contributed by atoms with Gasteiger partial charge in [0.15, 0.2) is 0 Å². The number of nitrogens with zero attached hydrogens (tertiary/aromatic N) is 1. The van der Waals surface area contributed by atoms with E-state index in [-0.39, 0.29) is 0 Å². The molecule has 0 radical (unpaired) electrons. The number of nitrogens with two attached hydrogens (primary N) is 1. The Balaban J connectivity index is 2.91. The van der Waals surface area contributed by atoms with Crippen molar-refractivity contribution in [1.29, 1.82) is 0 Å². The van der Waals surface area contributed by atoms with Gasteiger partial charge in [-0.3, -0.25) is 9.78 Å². The fourth-order valence-corrected chi connectivity index (χ4v) is 1.88. The van der Waals surface area contributed by atoms with Crippen molar-refractivity contribution in [3.05, 3.63) is 41.2 Å². The molecule has 0 bridgehead atoms. The summed E-state index contributed by atoms with van der Waals surface area (Å²) >= 11 is 0. The van der Waals surface area contributed by atoms with Gasteiger partial charge >= 0.3 is 0 Å². The summed E-state index contributed by atoms with van der Waals surface area (Å²) in [6, 6.07) is 7.48. The maximum Gasteiger partial charge on any atom is 0.249 e. The second kappa shape index (κ2) is 3.35. The molecule has 0 saturated carbocycles. The van der Waals surface area contributed by atoms with Crippen LogP contribution in [0.15, 0.2) is 24.3 Å². The molecule has 0 atom stereocenters. The summed E-state index contributed by atoms with van der Waals surface area (Å²) in [4.78, 5) is 15.6. The molecule has 0 fully saturated rings. The van der Waals surface area contributed by atoms with Crippen molar-refractivity contribution in [2.45, 2.75) is 13.8 Å². The SMILES string of the molecule is Cc1cc2cccc(C(N)=O)c2c(C)n1. The first kappa shape index (κ1) is 9.65. The van der Waals surface area contributed by atoms with Gasteiger partial charge in [-0.25, -0.2) is 0 Å². The predicted molar refractivity (Wildman–Crippen MR) is 59.7 cm³/mol. The smallest absolute Gasteiger partial charge is 0.249 e. The van der Waals surface area contributed by atoms with Gasteiger partial charge < -0.3 is 5.73 Å². The second-order valence-electron chi connectivity index (χ2n) is 3.62. The molecular formula is C12H12N2O. The summed E-state index contributed by atoms with van der Waals surface area (Å²) in [6.45, 7) is 3.82. The molecule has 1 aromatic heterocycles. The maximum atomic E-state index is 11.2. The van der Waals surface area contributed by atoms with Gasteiger partial charge in [0, 0.05) is 22.3 Å². The number of primary amides is 1. The molecule has 0 aliphatic rings. The lowest BCUT2D eigenvalue weighted by Gasteiger charge is -2.06. The first-order chi connectivity index (χ1) is 7.09. The molecule has 0 saturated heterocycles. The molecule has 0 aliphatic carbocycles. The molecule has 1 amide bonds. The van der Waals surface area contributed by atoms with Crippen molar-refractivity contribution < 1.29 is 4.79 Å². The highest BCUT2D eigenvalue weighted by Crippen LogP contribution is 2.21. The van der Waals surface area contributed by atoms with E-state index in [1.165, 1.54) is 0 Å². The number of hydrogen-bond donors (Lipinski definition) is 1. The largest absolute Gasteiger partial charge is 0.366 e. The quantitative estimate of drug-likeness (QED) is 0.764. The summed E-state index contributed by atoms with van der Waals surface area (Å²) in [7, 11) is 0. The summed E-state index contributed by atoms with van der Waals surface area (Å²) in [5, 5.41) is 1.87. The lowest BCUT2D eigenvalue weighted by molar-refractivity contribution is 0.100. The van der Waals surface area contributed by atoms with Gasteiger partial charge in [-0.2, -0.15) is 0 Å². The van der Waals surface area contributed by atoms with E-state index in [9.17, 15) is 4.79 Å². The van der Waals surface area contributed by atoms with Crippen LogP contribution in [0.4, 0.5) is 0 Å². The van der Waals surface area contributed by atoms with E-state index < -0.39 is 5.91 Å². The molecule has 76 valence electrons. The van der Waals surface area contributed by atoms with Crippen molar-refractivity contribution in [2.24, 2.45) is 5.73 Å². The van der Waals surface area contributed by atoms with Gasteiger partial charge in [-0.05, 0) is 31.4 Å². The average molecular weight is 200 g/mol. The highest BCUT2D eigenvalue weighted by atomic mass is 16.1. The van der Waals surface area contributed by atoms with Gasteiger partial charge in [-0.15, -0.1) is 0 Å². The van der Waals surface area contributed by atoms with Crippen LogP contribution in [0, 0.1) is 13.8 Å². The third kappa shape index (κ3) is 1.56. The third-order valence-corrected chi connectivity index (χ3v) is 2.43. The maximum absolute atomic E-state index is 11.2. The number of amides is 1.